The topological polar surface area (TPSA) is 41.5 Å². The van der Waals surface area contributed by atoms with Crippen molar-refractivity contribution in [1.82, 2.24) is 5.32 Å². The first kappa shape index (κ1) is 13.5. The monoisotopic (exact) mass is 256 g/mol. The summed E-state index contributed by atoms with van der Waals surface area (Å²) in [6, 6.07) is 6.21. The fraction of sp³-hybridized carbons (Fsp3) is 0.375. The largest absolute Gasteiger partial charge is 0.349 e. The number of carbonyl (C=O) groups is 1. The fourth-order valence-corrected chi connectivity index (χ4v) is 2.14. The molecule has 0 aromatic heterocycles. The lowest BCUT2D eigenvalue weighted by atomic mass is 10.0. The molecular formula is C16H20N2O. The molecule has 0 heterocycles. The van der Waals surface area contributed by atoms with E-state index in [0.717, 1.165) is 28.7 Å². The number of aliphatic imine (C=N–C) groups is 1. The van der Waals surface area contributed by atoms with Gasteiger partial charge in [0.2, 0.25) is 0 Å². The van der Waals surface area contributed by atoms with Gasteiger partial charge in [0.1, 0.15) is 0 Å². The molecule has 2 rings (SSSR count). The Bertz CT molecular complexity index is 546. The predicted octanol–water partition coefficient (Wildman–Crippen LogP) is 3.19. The fourth-order valence-electron chi connectivity index (χ4n) is 2.14. The maximum Gasteiger partial charge on any atom is 0.251 e. The maximum atomic E-state index is 12.1. The summed E-state index contributed by atoms with van der Waals surface area (Å²) < 4.78 is 0. The molecule has 0 bridgehead atoms. The molecule has 1 fully saturated rings. The van der Waals surface area contributed by atoms with E-state index in [1.807, 2.05) is 32.0 Å². The number of rotatable bonds is 4. The molecule has 2 unspecified atom stereocenters. The highest BCUT2D eigenvalue weighted by Gasteiger charge is 2.34. The zero-order valence-corrected chi connectivity index (χ0v) is 11.7. The van der Waals surface area contributed by atoms with Gasteiger partial charge < -0.3 is 5.32 Å². The molecule has 3 nitrogen and oxygen atoms in total. The van der Waals surface area contributed by atoms with Gasteiger partial charge in [-0.3, -0.25) is 9.79 Å². The summed E-state index contributed by atoms with van der Waals surface area (Å²) in [5.41, 5.74) is 3.85. The molecule has 19 heavy (non-hydrogen) atoms. The summed E-state index contributed by atoms with van der Waals surface area (Å²) in [5.74, 6) is 0.647. The molecule has 2 atom stereocenters. The molecule has 1 aromatic rings. The van der Waals surface area contributed by atoms with Crippen molar-refractivity contribution in [2.24, 2.45) is 10.9 Å². The molecule has 1 aliphatic rings. The van der Waals surface area contributed by atoms with Gasteiger partial charge in [0.05, 0.1) is 0 Å². The van der Waals surface area contributed by atoms with E-state index in [2.05, 4.69) is 24.0 Å². The molecule has 0 spiro atoms. The predicted molar refractivity (Wildman–Crippen MR) is 79.4 cm³/mol. The van der Waals surface area contributed by atoms with E-state index in [0.29, 0.717) is 12.0 Å². The van der Waals surface area contributed by atoms with Crippen LogP contribution in [0.1, 0.15) is 41.8 Å². The van der Waals surface area contributed by atoms with Crippen LogP contribution in [-0.4, -0.2) is 18.7 Å². The van der Waals surface area contributed by atoms with Crippen molar-refractivity contribution in [3.63, 3.8) is 0 Å². The Morgan fingerprint density at radius 2 is 2.21 bits per heavy atom. The molecule has 0 aliphatic heterocycles. The number of hydrogen-bond donors (Lipinski definition) is 1. The molecular weight excluding hydrogens is 236 g/mol. The van der Waals surface area contributed by atoms with Crippen LogP contribution in [0.5, 0.6) is 0 Å². The third-order valence-corrected chi connectivity index (χ3v) is 3.64. The van der Waals surface area contributed by atoms with E-state index in [1.54, 1.807) is 6.20 Å². The average molecular weight is 256 g/mol. The number of aryl methyl sites for hydroxylation is 1. The SMILES string of the molecule is C=NC=C(C)c1ccc(C(=O)NC2CC2C)c(C)c1. The van der Waals surface area contributed by atoms with E-state index in [9.17, 15) is 4.79 Å². The van der Waals surface area contributed by atoms with Gasteiger partial charge in [-0.1, -0.05) is 19.1 Å². The third kappa shape index (κ3) is 3.11. The van der Waals surface area contributed by atoms with Gasteiger partial charge in [-0.2, -0.15) is 0 Å². The summed E-state index contributed by atoms with van der Waals surface area (Å²) in [7, 11) is 0. The highest BCUT2D eigenvalue weighted by Crippen LogP contribution is 2.29. The van der Waals surface area contributed by atoms with Crippen molar-refractivity contribution >= 4 is 18.2 Å². The van der Waals surface area contributed by atoms with E-state index in [1.165, 1.54) is 0 Å². The first-order chi connectivity index (χ1) is 9.02. The van der Waals surface area contributed by atoms with Gasteiger partial charge in [-0.25, -0.2) is 0 Å². The van der Waals surface area contributed by atoms with Gasteiger partial charge in [-0.05, 0) is 55.7 Å². The number of allylic oxidation sites excluding steroid dienone is 1. The van der Waals surface area contributed by atoms with Crippen LogP contribution >= 0.6 is 0 Å². The minimum atomic E-state index is 0.0295. The van der Waals surface area contributed by atoms with Crippen LogP contribution in [0.2, 0.25) is 0 Å². The Morgan fingerprint density at radius 1 is 1.53 bits per heavy atom. The minimum Gasteiger partial charge on any atom is -0.349 e. The molecule has 0 saturated heterocycles. The van der Waals surface area contributed by atoms with E-state index in [4.69, 9.17) is 0 Å². The van der Waals surface area contributed by atoms with Crippen molar-refractivity contribution in [3.05, 3.63) is 41.1 Å². The van der Waals surface area contributed by atoms with Gasteiger partial charge in [0, 0.05) is 17.8 Å². The van der Waals surface area contributed by atoms with Crippen LogP contribution in [0.25, 0.3) is 5.57 Å². The third-order valence-electron chi connectivity index (χ3n) is 3.64. The first-order valence-electron chi connectivity index (χ1n) is 6.57. The molecule has 1 amide bonds. The smallest absolute Gasteiger partial charge is 0.251 e. The molecule has 3 heteroatoms. The van der Waals surface area contributed by atoms with Crippen molar-refractivity contribution in [3.8, 4) is 0 Å². The second-order valence-corrected chi connectivity index (χ2v) is 5.32. The van der Waals surface area contributed by atoms with Crippen LogP contribution in [0.15, 0.2) is 29.4 Å². The zero-order chi connectivity index (χ0) is 14.0. The lowest BCUT2D eigenvalue weighted by Gasteiger charge is -2.09. The van der Waals surface area contributed by atoms with Crippen LogP contribution in [-0.2, 0) is 0 Å². The Kier molecular flexibility index (Phi) is 3.84. The quantitative estimate of drug-likeness (QED) is 0.826. The highest BCUT2D eigenvalue weighted by atomic mass is 16.1. The van der Waals surface area contributed by atoms with Gasteiger partial charge in [-0.15, -0.1) is 0 Å². The Balaban J connectivity index is 2.17. The van der Waals surface area contributed by atoms with Gasteiger partial charge in [0.15, 0.2) is 0 Å². The van der Waals surface area contributed by atoms with E-state index >= 15 is 0 Å². The van der Waals surface area contributed by atoms with Gasteiger partial charge in [0.25, 0.3) is 5.91 Å². The summed E-state index contributed by atoms with van der Waals surface area (Å²) in [6.45, 7) is 9.54. The van der Waals surface area contributed by atoms with Crippen LogP contribution in [0.3, 0.4) is 0 Å². The molecule has 0 radical (unpaired) electrons. The second-order valence-electron chi connectivity index (χ2n) is 5.32. The number of nitrogens with one attached hydrogen (secondary N) is 1. The first-order valence-corrected chi connectivity index (χ1v) is 6.57. The molecule has 1 saturated carbocycles. The Hall–Kier alpha value is -1.90. The molecule has 1 aliphatic carbocycles. The second kappa shape index (κ2) is 5.39. The summed E-state index contributed by atoms with van der Waals surface area (Å²) in [4.78, 5) is 15.9. The summed E-state index contributed by atoms with van der Waals surface area (Å²) in [6.07, 6.45) is 2.82. The van der Waals surface area contributed by atoms with Gasteiger partial charge >= 0.3 is 0 Å². The van der Waals surface area contributed by atoms with E-state index in [-0.39, 0.29) is 5.91 Å². The van der Waals surface area contributed by atoms with Crippen molar-refractivity contribution < 1.29 is 4.79 Å². The number of nitrogens with zero attached hydrogens (tertiary/aromatic N) is 1. The summed E-state index contributed by atoms with van der Waals surface area (Å²) in [5, 5.41) is 3.05. The number of carbonyl (C=O) groups excluding carboxylic acids is 1. The standard InChI is InChI=1S/C16H20N2O/c1-10-7-13(12(3)9-17-4)5-6-14(10)16(19)18-15-8-11(15)2/h5-7,9,11,15H,4,8H2,1-3H3,(H,18,19). The number of amides is 1. The maximum absolute atomic E-state index is 12.1. The van der Waals surface area contributed by atoms with Crippen molar-refractivity contribution in [2.75, 3.05) is 0 Å². The minimum absolute atomic E-state index is 0.0295. The lowest BCUT2D eigenvalue weighted by Crippen LogP contribution is -2.27. The van der Waals surface area contributed by atoms with Crippen LogP contribution in [0.4, 0.5) is 0 Å². The molecule has 1 N–H and O–H groups in total. The molecule has 1 aromatic carbocycles. The normalized spacial score (nSPS) is 21.9. The lowest BCUT2D eigenvalue weighted by molar-refractivity contribution is 0.0948. The van der Waals surface area contributed by atoms with Crippen molar-refractivity contribution in [2.45, 2.75) is 33.2 Å². The van der Waals surface area contributed by atoms with Crippen LogP contribution in [0, 0.1) is 12.8 Å². The summed E-state index contributed by atoms with van der Waals surface area (Å²) >= 11 is 0. The Labute approximate surface area is 114 Å². The van der Waals surface area contributed by atoms with E-state index < -0.39 is 0 Å². The highest BCUT2D eigenvalue weighted by molar-refractivity contribution is 5.96. The Morgan fingerprint density at radius 3 is 2.74 bits per heavy atom. The molecule has 100 valence electrons. The zero-order valence-electron chi connectivity index (χ0n) is 11.7. The number of hydrogen-bond acceptors (Lipinski definition) is 2. The van der Waals surface area contributed by atoms with Crippen molar-refractivity contribution in [1.29, 1.82) is 0 Å². The average Bonchev–Trinajstić information content (AvgIpc) is 3.04. The number of benzene rings is 1. The van der Waals surface area contributed by atoms with Crippen LogP contribution < -0.4 is 5.32 Å².